The molecule has 1 aliphatic heterocycles. The lowest BCUT2D eigenvalue weighted by molar-refractivity contribution is -0.137. The summed E-state index contributed by atoms with van der Waals surface area (Å²) in [6, 6.07) is 9.54. The smallest absolute Gasteiger partial charge is 0.303 e. The molecule has 1 saturated carbocycles. The van der Waals surface area contributed by atoms with E-state index in [2.05, 4.69) is 39.8 Å². The Morgan fingerprint density at radius 2 is 1.80 bits per heavy atom. The Balaban J connectivity index is 1.38. The second kappa shape index (κ2) is 9.20. The van der Waals surface area contributed by atoms with Crippen LogP contribution >= 0.6 is 0 Å². The van der Waals surface area contributed by atoms with Gasteiger partial charge in [-0.2, -0.15) is 0 Å². The van der Waals surface area contributed by atoms with E-state index in [0.29, 0.717) is 18.4 Å². The zero-order valence-electron chi connectivity index (χ0n) is 15.0. The number of hydrogen-bond acceptors (Lipinski definition) is 4. The molecular formula is C20H31N3O2. The molecule has 0 unspecified atom stereocenters. The van der Waals surface area contributed by atoms with Crippen LogP contribution in [0.1, 0.15) is 44.1 Å². The van der Waals surface area contributed by atoms with Crippen LogP contribution in [0.25, 0.3) is 0 Å². The first-order valence-corrected chi connectivity index (χ1v) is 9.70. The van der Waals surface area contributed by atoms with Crippen LogP contribution in [0.15, 0.2) is 24.3 Å². The third-order valence-electron chi connectivity index (χ3n) is 5.63. The van der Waals surface area contributed by atoms with Gasteiger partial charge in [0.15, 0.2) is 0 Å². The predicted octanol–water partition coefficient (Wildman–Crippen LogP) is 2.61. The Morgan fingerprint density at radius 1 is 1.12 bits per heavy atom. The summed E-state index contributed by atoms with van der Waals surface area (Å²) in [5.41, 5.74) is 2.66. The third kappa shape index (κ3) is 5.72. The molecule has 1 aliphatic carbocycles. The quantitative estimate of drug-likeness (QED) is 0.709. The van der Waals surface area contributed by atoms with E-state index in [1.165, 1.54) is 24.1 Å². The van der Waals surface area contributed by atoms with Crippen molar-refractivity contribution in [2.24, 2.45) is 5.92 Å². The van der Waals surface area contributed by atoms with Gasteiger partial charge in [0, 0.05) is 50.9 Å². The van der Waals surface area contributed by atoms with Gasteiger partial charge in [-0.3, -0.25) is 4.79 Å². The normalized spacial score (nSPS) is 24.2. The van der Waals surface area contributed by atoms with E-state index in [1.807, 2.05) is 0 Å². The van der Waals surface area contributed by atoms with Gasteiger partial charge in [0.2, 0.25) is 0 Å². The topological polar surface area (TPSA) is 64.6 Å². The molecule has 138 valence electrons. The predicted molar refractivity (Wildman–Crippen MR) is 101 cm³/mol. The van der Waals surface area contributed by atoms with Crippen LogP contribution in [0.4, 0.5) is 5.69 Å². The van der Waals surface area contributed by atoms with Gasteiger partial charge in [-0.05, 0) is 55.7 Å². The molecule has 5 nitrogen and oxygen atoms in total. The first-order valence-electron chi connectivity index (χ1n) is 9.70. The zero-order valence-corrected chi connectivity index (χ0v) is 15.0. The number of benzene rings is 1. The number of carboxylic acid groups (broad SMARTS) is 1. The van der Waals surface area contributed by atoms with E-state index in [1.54, 1.807) is 0 Å². The molecule has 0 amide bonds. The second-order valence-electron chi connectivity index (χ2n) is 7.43. The summed E-state index contributed by atoms with van der Waals surface area (Å²) in [5.74, 6) is -0.0584. The molecule has 1 aromatic rings. The van der Waals surface area contributed by atoms with Crippen molar-refractivity contribution in [1.82, 2.24) is 10.6 Å². The number of carbonyl (C=O) groups is 1. The molecule has 2 fully saturated rings. The SMILES string of the molecule is O=C(O)CCC1CCC(NCc2ccc(N3CCNCC3)cc2)CC1. The average Bonchev–Trinajstić information content (AvgIpc) is 2.66. The molecule has 1 aromatic carbocycles. The van der Waals surface area contributed by atoms with Crippen LogP contribution in [0, 0.1) is 5.92 Å². The van der Waals surface area contributed by atoms with E-state index < -0.39 is 5.97 Å². The van der Waals surface area contributed by atoms with Gasteiger partial charge in [0.05, 0.1) is 0 Å². The van der Waals surface area contributed by atoms with Crippen molar-refractivity contribution in [1.29, 1.82) is 0 Å². The Hall–Kier alpha value is -1.59. The van der Waals surface area contributed by atoms with E-state index in [0.717, 1.165) is 52.0 Å². The summed E-state index contributed by atoms with van der Waals surface area (Å²) < 4.78 is 0. The fraction of sp³-hybridized carbons (Fsp3) is 0.650. The van der Waals surface area contributed by atoms with Gasteiger partial charge in [0.25, 0.3) is 0 Å². The number of carboxylic acids is 1. The van der Waals surface area contributed by atoms with Crippen LogP contribution in [0.2, 0.25) is 0 Å². The van der Waals surface area contributed by atoms with Gasteiger partial charge in [-0.25, -0.2) is 0 Å². The molecular weight excluding hydrogens is 314 g/mol. The van der Waals surface area contributed by atoms with Gasteiger partial charge in [0.1, 0.15) is 0 Å². The number of anilines is 1. The van der Waals surface area contributed by atoms with Crippen molar-refractivity contribution in [3.63, 3.8) is 0 Å². The van der Waals surface area contributed by atoms with Crippen LogP contribution < -0.4 is 15.5 Å². The van der Waals surface area contributed by atoms with Gasteiger partial charge < -0.3 is 20.6 Å². The number of aliphatic carboxylic acids is 1. The third-order valence-corrected chi connectivity index (χ3v) is 5.63. The fourth-order valence-electron chi connectivity index (χ4n) is 3.99. The van der Waals surface area contributed by atoms with Gasteiger partial charge in [-0.1, -0.05) is 12.1 Å². The highest BCUT2D eigenvalue weighted by molar-refractivity contribution is 5.66. The standard InChI is InChI=1S/C20H31N3O2/c24-20(25)10-5-16-1-6-18(7-2-16)22-15-17-3-8-19(9-4-17)23-13-11-21-12-14-23/h3-4,8-9,16,18,21-22H,1-2,5-7,10-15H2,(H,24,25). The molecule has 0 atom stereocenters. The van der Waals surface area contributed by atoms with Crippen LogP contribution in [-0.4, -0.2) is 43.3 Å². The highest BCUT2D eigenvalue weighted by Gasteiger charge is 2.21. The van der Waals surface area contributed by atoms with Gasteiger partial charge in [-0.15, -0.1) is 0 Å². The van der Waals surface area contributed by atoms with E-state index in [-0.39, 0.29) is 0 Å². The van der Waals surface area contributed by atoms with Gasteiger partial charge >= 0.3 is 5.97 Å². The minimum atomic E-state index is -0.662. The average molecular weight is 345 g/mol. The lowest BCUT2D eigenvalue weighted by Gasteiger charge is -2.30. The molecule has 0 spiro atoms. The summed E-state index contributed by atoms with van der Waals surface area (Å²) in [6.07, 6.45) is 5.82. The molecule has 0 aromatic heterocycles. The molecule has 3 N–H and O–H groups in total. The lowest BCUT2D eigenvalue weighted by Crippen LogP contribution is -2.43. The second-order valence-corrected chi connectivity index (χ2v) is 7.43. The molecule has 0 bridgehead atoms. The maximum Gasteiger partial charge on any atom is 0.303 e. The maximum atomic E-state index is 10.7. The number of piperazine rings is 1. The first kappa shape index (κ1) is 18.2. The maximum absolute atomic E-state index is 10.7. The van der Waals surface area contributed by atoms with Crippen molar-refractivity contribution in [3.05, 3.63) is 29.8 Å². The highest BCUT2D eigenvalue weighted by atomic mass is 16.4. The van der Waals surface area contributed by atoms with Crippen LogP contribution in [0.3, 0.4) is 0 Å². The summed E-state index contributed by atoms with van der Waals surface area (Å²) in [7, 11) is 0. The van der Waals surface area contributed by atoms with Crippen molar-refractivity contribution >= 4 is 11.7 Å². The molecule has 25 heavy (non-hydrogen) atoms. The molecule has 3 rings (SSSR count). The Morgan fingerprint density at radius 3 is 2.44 bits per heavy atom. The van der Waals surface area contributed by atoms with E-state index >= 15 is 0 Å². The molecule has 2 aliphatic rings. The highest BCUT2D eigenvalue weighted by Crippen LogP contribution is 2.28. The zero-order chi connectivity index (χ0) is 17.5. The molecule has 5 heteroatoms. The van der Waals surface area contributed by atoms with E-state index in [9.17, 15) is 4.79 Å². The van der Waals surface area contributed by atoms with Crippen molar-refractivity contribution in [3.8, 4) is 0 Å². The molecule has 1 heterocycles. The molecule has 0 radical (unpaired) electrons. The number of nitrogens with zero attached hydrogens (tertiary/aromatic N) is 1. The van der Waals surface area contributed by atoms with Crippen molar-refractivity contribution in [2.45, 2.75) is 51.1 Å². The molecule has 1 saturated heterocycles. The van der Waals surface area contributed by atoms with Crippen molar-refractivity contribution < 1.29 is 9.90 Å². The largest absolute Gasteiger partial charge is 0.481 e. The lowest BCUT2D eigenvalue weighted by atomic mass is 9.83. The monoisotopic (exact) mass is 345 g/mol. The Bertz CT molecular complexity index is 532. The summed E-state index contributed by atoms with van der Waals surface area (Å²) in [4.78, 5) is 13.1. The number of rotatable bonds is 7. The minimum absolute atomic E-state index is 0.322. The number of nitrogens with one attached hydrogen (secondary N) is 2. The Kier molecular flexibility index (Phi) is 6.70. The Labute approximate surface area is 150 Å². The summed E-state index contributed by atoms with van der Waals surface area (Å²) >= 11 is 0. The van der Waals surface area contributed by atoms with E-state index in [4.69, 9.17) is 5.11 Å². The minimum Gasteiger partial charge on any atom is -0.481 e. The summed E-state index contributed by atoms with van der Waals surface area (Å²) in [6.45, 7) is 5.23. The fourth-order valence-corrected chi connectivity index (χ4v) is 3.99. The first-order chi connectivity index (χ1) is 12.2. The van der Waals surface area contributed by atoms with Crippen LogP contribution in [0.5, 0.6) is 0 Å². The summed E-state index contributed by atoms with van der Waals surface area (Å²) in [5, 5.41) is 15.9. The van der Waals surface area contributed by atoms with Crippen molar-refractivity contribution in [2.75, 3.05) is 31.1 Å². The van der Waals surface area contributed by atoms with Crippen LogP contribution in [-0.2, 0) is 11.3 Å². The number of hydrogen-bond donors (Lipinski definition) is 3.